The van der Waals surface area contributed by atoms with Crippen molar-refractivity contribution < 1.29 is 0 Å². The molecule has 2 fully saturated rings. The molecule has 2 aliphatic rings. The van der Waals surface area contributed by atoms with Crippen LogP contribution in [0.15, 0.2) is 0 Å². The lowest BCUT2D eigenvalue weighted by atomic mass is 9.86. The van der Waals surface area contributed by atoms with Crippen LogP contribution in [-0.4, -0.2) is 48.6 Å². The van der Waals surface area contributed by atoms with E-state index >= 15 is 0 Å². The molecule has 0 aliphatic carbocycles. The minimum atomic E-state index is 0.477. The van der Waals surface area contributed by atoms with Crippen LogP contribution in [0.2, 0.25) is 0 Å². The standard InChI is InChI=1S/C27H54N2/c1-26(2,3)17-13-20-28-19-12-10-15-24(23-28)25-16-9-7-8-11-21-29(25)22-14-18-27(4,5)6/h24-25H,7-23H2,1-6H3. The maximum absolute atomic E-state index is 2.95. The van der Waals surface area contributed by atoms with E-state index in [2.05, 4.69) is 51.3 Å². The minimum Gasteiger partial charge on any atom is -0.303 e. The van der Waals surface area contributed by atoms with Gasteiger partial charge in [-0.2, -0.15) is 0 Å². The van der Waals surface area contributed by atoms with E-state index < -0.39 is 0 Å². The van der Waals surface area contributed by atoms with Gasteiger partial charge in [-0.3, -0.25) is 0 Å². The van der Waals surface area contributed by atoms with Crippen LogP contribution in [0.3, 0.4) is 0 Å². The van der Waals surface area contributed by atoms with Crippen molar-refractivity contribution in [2.24, 2.45) is 16.7 Å². The summed E-state index contributed by atoms with van der Waals surface area (Å²) in [4.78, 5) is 5.80. The van der Waals surface area contributed by atoms with Gasteiger partial charge in [0.25, 0.3) is 0 Å². The van der Waals surface area contributed by atoms with Crippen molar-refractivity contribution in [2.75, 3.05) is 32.7 Å². The second-order valence-corrected chi connectivity index (χ2v) is 12.7. The molecule has 2 rings (SSSR count). The van der Waals surface area contributed by atoms with Gasteiger partial charge in [-0.05, 0) is 94.3 Å². The molecule has 0 N–H and O–H groups in total. The largest absolute Gasteiger partial charge is 0.303 e. The third-order valence-corrected chi connectivity index (χ3v) is 7.27. The van der Waals surface area contributed by atoms with Gasteiger partial charge in [0, 0.05) is 12.6 Å². The highest BCUT2D eigenvalue weighted by Gasteiger charge is 2.30. The quantitative estimate of drug-likeness (QED) is 0.435. The fraction of sp³-hybridized carbons (Fsp3) is 1.00. The summed E-state index contributed by atoms with van der Waals surface area (Å²) in [6, 6.07) is 0.846. The Bertz CT molecular complexity index is 431. The molecule has 0 aromatic heterocycles. The first-order valence-electron chi connectivity index (χ1n) is 13.1. The van der Waals surface area contributed by atoms with Gasteiger partial charge in [0.05, 0.1) is 0 Å². The van der Waals surface area contributed by atoms with Gasteiger partial charge in [-0.15, -0.1) is 0 Å². The molecule has 0 saturated carbocycles. The molecule has 29 heavy (non-hydrogen) atoms. The average molecular weight is 407 g/mol. The van der Waals surface area contributed by atoms with Crippen LogP contribution in [0.5, 0.6) is 0 Å². The Balaban J connectivity index is 1.96. The summed E-state index contributed by atoms with van der Waals surface area (Å²) < 4.78 is 0. The van der Waals surface area contributed by atoms with E-state index in [1.807, 2.05) is 0 Å². The third kappa shape index (κ3) is 10.7. The number of rotatable bonds is 7. The summed E-state index contributed by atoms with van der Waals surface area (Å²) in [7, 11) is 0. The lowest BCUT2D eigenvalue weighted by Gasteiger charge is -2.40. The van der Waals surface area contributed by atoms with Gasteiger partial charge in [-0.25, -0.2) is 0 Å². The Labute approximate surface area is 184 Å². The van der Waals surface area contributed by atoms with Crippen LogP contribution >= 0.6 is 0 Å². The first kappa shape index (κ1) is 25.2. The van der Waals surface area contributed by atoms with Crippen molar-refractivity contribution >= 4 is 0 Å². The summed E-state index contributed by atoms with van der Waals surface area (Å²) >= 11 is 0. The second kappa shape index (κ2) is 12.1. The van der Waals surface area contributed by atoms with Crippen LogP contribution < -0.4 is 0 Å². The van der Waals surface area contributed by atoms with E-state index in [9.17, 15) is 0 Å². The first-order valence-corrected chi connectivity index (χ1v) is 13.1. The third-order valence-electron chi connectivity index (χ3n) is 7.27. The Morgan fingerprint density at radius 2 is 1.24 bits per heavy atom. The Hall–Kier alpha value is -0.0800. The normalized spacial score (nSPS) is 26.7. The van der Waals surface area contributed by atoms with Crippen molar-refractivity contribution in [2.45, 2.75) is 125 Å². The lowest BCUT2D eigenvalue weighted by Crippen LogP contribution is -2.46. The first-order chi connectivity index (χ1) is 13.6. The maximum Gasteiger partial charge on any atom is 0.0136 e. The topological polar surface area (TPSA) is 6.48 Å². The molecule has 2 nitrogen and oxygen atoms in total. The highest BCUT2D eigenvalue weighted by Crippen LogP contribution is 2.30. The molecule has 2 unspecified atom stereocenters. The number of hydrogen-bond donors (Lipinski definition) is 0. The molecule has 2 heterocycles. The zero-order valence-electron chi connectivity index (χ0n) is 21.1. The monoisotopic (exact) mass is 406 g/mol. The zero-order chi connectivity index (χ0) is 21.3. The Morgan fingerprint density at radius 3 is 1.93 bits per heavy atom. The predicted octanol–water partition coefficient (Wildman–Crippen LogP) is 7.38. The van der Waals surface area contributed by atoms with Gasteiger partial charge in [0.15, 0.2) is 0 Å². The predicted molar refractivity (Wildman–Crippen MR) is 130 cm³/mol. The molecule has 172 valence electrons. The molecule has 0 aromatic rings. The van der Waals surface area contributed by atoms with Gasteiger partial charge in [-0.1, -0.05) is 67.2 Å². The number of hydrogen-bond acceptors (Lipinski definition) is 2. The molecule has 0 radical (unpaired) electrons. The van der Waals surface area contributed by atoms with Crippen LogP contribution in [0.1, 0.15) is 119 Å². The van der Waals surface area contributed by atoms with Gasteiger partial charge in [0.1, 0.15) is 0 Å². The van der Waals surface area contributed by atoms with Crippen molar-refractivity contribution in [3.05, 3.63) is 0 Å². The molecule has 0 aromatic carbocycles. The van der Waals surface area contributed by atoms with E-state index in [1.54, 1.807) is 0 Å². The van der Waals surface area contributed by atoms with E-state index in [4.69, 9.17) is 0 Å². The SMILES string of the molecule is CC(C)(C)CCCN1CCCCC(C2CCCCCCN2CCCC(C)(C)C)C1. The highest BCUT2D eigenvalue weighted by atomic mass is 15.2. The van der Waals surface area contributed by atoms with Crippen LogP contribution in [-0.2, 0) is 0 Å². The molecule has 2 aliphatic heterocycles. The molecular formula is C27H54N2. The smallest absolute Gasteiger partial charge is 0.0136 e. The summed E-state index contributed by atoms with van der Waals surface area (Å²) in [5, 5.41) is 0. The minimum absolute atomic E-state index is 0.477. The molecule has 2 heteroatoms. The molecule has 2 saturated heterocycles. The zero-order valence-corrected chi connectivity index (χ0v) is 21.1. The molecule has 2 atom stereocenters. The maximum atomic E-state index is 2.95. The Morgan fingerprint density at radius 1 is 0.655 bits per heavy atom. The second-order valence-electron chi connectivity index (χ2n) is 12.7. The van der Waals surface area contributed by atoms with Gasteiger partial charge in [0.2, 0.25) is 0 Å². The Kier molecular flexibility index (Phi) is 10.5. The van der Waals surface area contributed by atoms with Crippen LogP contribution in [0.25, 0.3) is 0 Å². The van der Waals surface area contributed by atoms with E-state index in [-0.39, 0.29) is 0 Å². The van der Waals surface area contributed by atoms with Crippen molar-refractivity contribution in [1.29, 1.82) is 0 Å². The highest BCUT2D eigenvalue weighted by molar-refractivity contribution is 4.85. The molecule has 0 amide bonds. The summed E-state index contributed by atoms with van der Waals surface area (Å²) in [6.07, 6.45) is 17.1. The number of likely N-dealkylation sites (tertiary alicyclic amines) is 2. The lowest BCUT2D eigenvalue weighted by molar-refractivity contribution is 0.0893. The average Bonchev–Trinajstić information content (AvgIpc) is 2.80. The summed E-state index contributed by atoms with van der Waals surface area (Å²) in [5.41, 5.74) is 0.957. The molecule has 0 bridgehead atoms. The molecule has 0 spiro atoms. The summed E-state index contributed by atoms with van der Waals surface area (Å²) in [5.74, 6) is 0.903. The van der Waals surface area contributed by atoms with Gasteiger partial charge < -0.3 is 9.80 Å². The fourth-order valence-electron chi connectivity index (χ4n) is 5.60. The van der Waals surface area contributed by atoms with Crippen molar-refractivity contribution in [3.63, 3.8) is 0 Å². The summed E-state index contributed by atoms with van der Waals surface area (Å²) in [6.45, 7) is 21.1. The van der Waals surface area contributed by atoms with Crippen LogP contribution in [0.4, 0.5) is 0 Å². The van der Waals surface area contributed by atoms with E-state index in [0.29, 0.717) is 10.8 Å². The van der Waals surface area contributed by atoms with Crippen molar-refractivity contribution in [3.8, 4) is 0 Å². The van der Waals surface area contributed by atoms with Crippen molar-refractivity contribution in [1.82, 2.24) is 9.80 Å². The fourth-order valence-corrected chi connectivity index (χ4v) is 5.60. The van der Waals surface area contributed by atoms with E-state index in [1.165, 1.54) is 110 Å². The van der Waals surface area contributed by atoms with Gasteiger partial charge >= 0.3 is 0 Å². The number of nitrogens with zero attached hydrogens (tertiary/aromatic N) is 2. The van der Waals surface area contributed by atoms with E-state index in [0.717, 1.165) is 12.0 Å². The molecular weight excluding hydrogens is 352 g/mol. The van der Waals surface area contributed by atoms with Crippen LogP contribution in [0, 0.1) is 16.7 Å².